The predicted octanol–water partition coefficient (Wildman–Crippen LogP) is 2.15. The Bertz CT molecular complexity index is 530. The summed E-state index contributed by atoms with van der Waals surface area (Å²) in [7, 11) is 1.85. The molecule has 19 heavy (non-hydrogen) atoms. The van der Waals surface area contributed by atoms with Crippen molar-refractivity contribution in [1.82, 2.24) is 15.1 Å². The first-order chi connectivity index (χ1) is 9.16. The number of nitrogens with one attached hydrogen (secondary N) is 1. The van der Waals surface area contributed by atoms with Gasteiger partial charge in [0.05, 0.1) is 18.4 Å². The molecule has 0 radical (unpaired) electrons. The number of nitrogens with zero attached hydrogens (tertiary/aromatic N) is 2. The van der Waals surface area contributed by atoms with Gasteiger partial charge in [-0.15, -0.1) is 0 Å². The molecule has 0 unspecified atom stereocenters. The number of amides is 1. The number of aryl methyl sites for hydroxylation is 2. The third kappa shape index (κ3) is 3.58. The molecule has 1 heterocycles. The van der Waals surface area contributed by atoms with Gasteiger partial charge in [0.1, 0.15) is 6.61 Å². The molecule has 2 rings (SSSR count). The van der Waals surface area contributed by atoms with Gasteiger partial charge in [0.15, 0.2) is 0 Å². The van der Waals surface area contributed by atoms with Crippen LogP contribution in [0, 0.1) is 6.92 Å². The van der Waals surface area contributed by atoms with Crippen molar-refractivity contribution < 1.29 is 9.53 Å². The van der Waals surface area contributed by atoms with Crippen LogP contribution in [0.4, 0.5) is 4.79 Å². The molecule has 0 aliphatic carbocycles. The molecule has 5 nitrogen and oxygen atoms in total. The Morgan fingerprint density at radius 1 is 1.37 bits per heavy atom. The molecule has 2 aromatic rings. The molecule has 0 fully saturated rings. The molecule has 0 saturated heterocycles. The van der Waals surface area contributed by atoms with E-state index in [1.54, 1.807) is 10.9 Å². The van der Waals surface area contributed by atoms with Crippen LogP contribution in [-0.2, 0) is 24.9 Å². The van der Waals surface area contributed by atoms with Crippen LogP contribution in [0.2, 0.25) is 0 Å². The molecule has 0 saturated carbocycles. The van der Waals surface area contributed by atoms with Gasteiger partial charge in [-0.2, -0.15) is 5.10 Å². The van der Waals surface area contributed by atoms with E-state index < -0.39 is 6.09 Å². The topological polar surface area (TPSA) is 56.2 Å². The van der Waals surface area contributed by atoms with Crippen LogP contribution in [0.25, 0.3) is 0 Å². The monoisotopic (exact) mass is 259 g/mol. The Hall–Kier alpha value is -2.30. The van der Waals surface area contributed by atoms with Crippen molar-refractivity contribution in [2.24, 2.45) is 7.05 Å². The van der Waals surface area contributed by atoms with Crippen LogP contribution in [-0.4, -0.2) is 15.9 Å². The maximum Gasteiger partial charge on any atom is 0.407 e. The summed E-state index contributed by atoms with van der Waals surface area (Å²) in [6.45, 7) is 2.65. The normalized spacial score (nSPS) is 10.2. The molecule has 0 atom stereocenters. The fourth-order valence-electron chi connectivity index (χ4n) is 1.76. The Balaban J connectivity index is 1.79. The summed E-state index contributed by atoms with van der Waals surface area (Å²) in [6.07, 6.45) is 1.34. The van der Waals surface area contributed by atoms with Crippen molar-refractivity contribution in [1.29, 1.82) is 0 Å². The van der Waals surface area contributed by atoms with Crippen molar-refractivity contribution in [3.63, 3.8) is 0 Å². The number of alkyl carbamates (subject to hydrolysis) is 1. The van der Waals surface area contributed by atoms with Gasteiger partial charge in [0.2, 0.25) is 0 Å². The summed E-state index contributed by atoms with van der Waals surface area (Å²) >= 11 is 0. The maximum atomic E-state index is 11.6. The van der Waals surface area contributed by atoms with Gasteiger partial charge in [0.25, 0.3) is 0 Å². The first-order valence-corrected chi connectivity index (χ1v) is 6.09. The summed E-state index contributed by atoms with van der Waals surface area (Å²) in [4.78, 5) is 11.6. The van der Waals surface area contributed by atoms with Gasteiger partial charge in [-0.1, -0.05) is 30.3 Å². The number of carbonyl (C=O) groups excluding carboxylic acids is 1. The molecule has 0 aliphatic heterocycles. The molecule has 1 amide bonds. The van der Waals surface area contributed by atoms with Crippen molar-refractivity contribution in [2.75, 3.05) is 0 Å². The number of rotatable bonds is 4. The van der Waals surface area contributed by atoms with Crippen LogP contribution >= 0.6 is 0 Å². The van der Waals surface area contributed by atoms with Crippen molar-refractivity contribution in [3.8, 4) is 0 Å². The van der Waals surface area contributed by atoms with Crippen LogP contribution in [0.3, 0.4) is 0 Å². The van der Waals surface area contributed by atoms with Crippen molar-refractivity contribution in [3.05, 3.63) is 53.3 Å². The fraction of sp³-hybridized carbons (Fsp3) is 0.286. The highest BCUT2D eigenvalue weighted by Gasteiger charge is 2.07. The Kier molecular flexibility index (Phi) is 4.18. The second-order valence-electron chi connectivity index (χ2n) is 4.31. The SMILES string of the molecule is Cc1cnn(C)c1CNC(=O)OCc1ccccc1. The average Bonchev–Trinajstić information content (AvgIpc) is 2.75. The number of ether oxygens (including phenoxy) is 1. The second-order valence-corrected chi connectivity index (χ2v) is 4.31. The standard InChI is InChI=1S/C14H17N3O2/c1-11-8-16-17(2)13(11)9-15-14(18)19-10-12-6-4-3-5-7-12/h3-8H,9-10H2,1-2H3,(H,15,18). The largest absolute Gasteiger partial charge is 0.445 e. The lowest BCUT2D eigenvalue weighted by molar-refractivity contribution is 0.139. The Morgan fingerprint density at radius 2 is 2.11 bits per heavy atom. The number of aromatic nitrogens is 2. The van der Waals surface area contributed by atoms with Gasteiger partial charge in [-0.25, -0.2) is 4.79 Å². The zero-order valence-corrected chi connectivity index (χ0v) is 11.1. The lowest BCUT2D eigenvalue weighted by Gasteiger charge is -2.08. The molecule has 0 bridgehead atoms. The minimum absolute atomic E-state index is 0.275. The van der Waals surface area contributed by atoms with E-state index in [4.69, 9.17) is 4.74 Å². The van der Waals surface area contributed by atoms with Crippen LogP contribution in [0.1, 0.15) is 16.8 Å². The molecule has 5 heteroatoms. The number of hydrogen-bond donors (Lipinski definition) is 1. The number of carbonyl (C=O) groups is 1. The third-order valence-corrected chi connectivity index (χ3v) is 2.88. The van der Waals surface area contributed by atoms with Gasteiger partial charge in [-0.05, 0) is 18.1 Å². The van der Waals surface area contributed by atoms with Gasteiger partial charge in [0, 0.05) is 7.05 Å². The summed E-state index contributed by atoms with van der Waals surface area (Å²) in [5, 5.41) is 6.83. The summed E-state index contributed by atoms with van der Waals surface area (Å²) < 4.78 is 6.87. The van der Waals surface area contributed by atoms with E-state index in [9.17, 15) is 4.79 Å². The van der Waals surface area contributed by atoms with E-state index in [0.717, 1.165) is 16.8 Å². The van der Waals surface area contributed by atoms with Crippen molar-refractivity contribution in [2.45, 2.75) is 20.1 Å². The predicted molar refractivity (Wildman–Crippen MR) is 71.4 cm³/mol. The van der Waals surface area contributed by atoms with E-state index in [0.29, 0.717) is 6.54 Å². The minimum atomic E-state index is -0.426. The van der Waals surface area contributed by atoms with Gasteiger partial charge >= 0.3 is 6.09 Å². The lowest BCUT2D eigenvalue weighted by atomic mass is 10.2. The summed E-state index contributed by atoms with van der Waals surface area (Å²) in [6, 6.07) is 9.58. The minimum Gasteiger partial charge on any atom is -0.445 e. The third-order valence-electron chi connectivity index (χ3n) is 2.88. The lowest BCUT2D eigenvalue weighted by Crippen LogP contribution is -2.25. The highest BCUT2D eigenvalue weighted by atomic mass is 16.5. The molecule has 0 spiro atoms. The first-order valence-electron chi connectivity index (χ1n) is 6.09. The van der Waals surface area contributed by atoms with Crippen molar-refractivity contribution >= 4 is 6.09 Å². The molecular formula is C14H17N3O2. The molecule has 1 N–H and O–H groups in total. The number of hydrogen-bond acceptors (Lipinski definition) is 3. The smallest absolute Gasteiger partial charge is 0.407 e. The maximum absolute atomic E-state index is 11.6. The first kappa shape index (κ1) is 13.1. The zero-order valence-electron chi connectivity index (χ0n) is 11.1. The molecule has 1 aromatic carbocycles. The summed E-state index contributed by atoms with van der Waals surface area (Å²) in [5.41, 5.74) is 2.98. The van der Waals surface area contributed by atoms with E-state index in [2.05, 4.69) is 10.4 Å². The van der Waals surface area contributed by atoms with E-state index >= 15 is 0 Å². The fourth-order valence-corrected chi connectivity index (χ4v) is 1.76. The molecule has 0 aliphatic rings. The second kappa shape index (κ2) is 6.04. The van der Waals surface area contributed by atoms with E-state index in [-0.39, 0.29) is 6.61 Å². The Labute approximate surface area is 112 Å². The Morgan fingerprint density at radius 3 is 2.74 bits per heavy atom. The van der Waals surface area contributed by atoms with Crippen LogP contribution in [0.5, 0.6) is 0 Å². The quantitative estimate of drug-likeness (QED) is 0.915. The van der Waals surface area contributed by atoms with Gasteiger partial charge in [-0.3, -0.25) is 4.68 Å². The number of benzene rings is 1. The van der Waals surface area contributed by atoms with E-state index in [1.165, 1.54) is 0 Å². The molecule has 1 aromatic heterocycles. The van der Waals surface area contributed by atoms with Crippen LogP contribution < -0.4 is 5.32 Å². The highest BCUT2D eigenvalue weighted by Crippen LogP contribution is 2.05. The summed E-state index contributed by atoms with van der Waals surface area (Å²) in [5.74, 6) is 0. The zero-order chi connectivity index (χ0) is 13.7. The van der Waals surface area contributed by atoms with E-state index in [1.807, 2.05) is 44.3 Å². The van der Waals surface area contributed by atoms with Crippen LogP contribution in [0.15, 0.2) is 36.5 Å². The molecule has 100 valence electrons. The highest BCUT2D eigenvalue weighted by molar-refractivity contribution is 5.67. The van der Waals surface area contributed by atoms with Gasteiger partial charge < -0.3 is 10.1 Å². The molecular weight excluding hydrogens is 242 g/mol. The average molecular weight is 259 g/mol.